The minimum atomic E-state index is -0.543. The first-order valence-corrected chi connectivity index (χ1v) is 8.79. The number of ether oxygens (including phenoxy) is 2. The molecule has 0 bridgehead atoms. The summed E-state index contributed by atoms with van der Waals surface area (Å²) in [6.45, 7) is 8.49. The summed E-state index contributed by atoms with van der Waals surface area (Å²) in [7, 11) is 0. The molecule has 1 fully saturated rings. The van der Waals surface area contributed by atoms with Crippen LogP contribution in [0.5, 0.6) is 0 Å². The second kappa shape index (κ2) is 7.77. The summed E-state index contributed by atoms with van der Waals surface area (Å²) in [6.07, 6.45) is 2.45. The fourth-order valence-electron chi connectivity index (χ4n) is 3.35. The zero-order valence-electron chi connectivity index (χ0n) is 15.9. The number of carbonyl (C=O) groups is 2. The molecule has 1 aromatic carbocycles. The minimum absolute atomic E-state index is 0.117. The van der Waals surface area contributed by atoms with Gasteiger partial charge in [-0.15, -0.1) is 5.26 Å². The van der Waals surface area contributed by atoms with Crippen LogP contribution in [0.25, 0.3) is 0 Å². The van der Waals surface area contributed by atoms with E-state index in [-0.39, 0.29) is 12.5 Å². The highest BCUT2D eigenvalue weighted by Crippen LogP contribution is 2.39. The van der Waals surface area contributed by atoms with E-state index in [0.717, 1.165) is 11.1 Å². The molecule has 26 heavy (non-hydrogen) atoms. The smallest absolute Gasteiger partial charge is 0.410 e. The first kappa shape index (κ1) is 19.8. The highest BCUT2D eigenvalue weighted by Gasteiger charge is 2.40. The third-order valence-electron chi connectivity index (χ3n) is 4.64. The molecule has 6 heteroatoms. The lowest BCUT2D eigenvalue weighted by Crippen LogP contribution is -2.47. The zero-order chi connectivity index (χ0) is 19.4. The number of likely N-dealkylation sites (tertiary alicyclic amines) is 1. The number of nitriles is 1. The number of aryl methyl sites for hydroxylation is 1. The summed E-state index contributed by atoms with van der Waals surface area (Å²) in [6, 6.07) is 8.02. The second-order valence-electron chi connectivity index (χ2n) is 7.86. The Hall–Kier alpha value is -2.55. The second-order valence-corrected chi connectivity index (χ2v) is 7.86. The molecule has 1 amide bonds. The number of rotatable bonds is 3. The summed E-state index contributed by atoms with van der Waals surface area (Å²) >= 11 is 0. The van der Waals surface area contributed by atoms with Crippen LogP contribution in [-0.2, 0) is 19.7 Å². The summed E-state index contributed by atoms with van der Waals surface area (Å²) < 4.78 is 9.97. The number of piperidine rings is 1. The van der Waals surface area contributed by atoms with E-state index in [0.29, 0.717) is 25.9 Å². The molecule has 1 saturated heterocycles. The molecular weight excluding hydrogens is 332 g/mol. The predicted octanol–water partition coefficient (Wildman–Crippen LogP) is 3.68. The van der Waals surface area contributed by atoms with Crippen molar-refractivity contribution in [2.24, 2.45) is 0 Å². The lowest BCUT2D eigenvalue weighted by Gasteiger charge is -2.42. The molecule has 0 aromatic heterocycles. The number of hydrogen-bond donors (Lipinski definition) is 0. The van der Waals surface area contributed by atoms with E-state index in [9.17, 15) is 9.59 Å². The fourth-order valence-corrected chi connectivity index (χ4v) is 3.35. The summed E-state index contributed by atoms with van der Waals surface area (Å²) in [5.74, 6) is -0.542. The molecule has 0 spiro atoms. The average molecular weight is 358 g/mol. The van der Waals surface area contributed by atoms with Gasteiger partial charge in [-0.3, -0.25) is 4.79 Å². The standard InChI is InChI=1S/C20H26N2O4/c1-15-6-5-7-16(12-15)20(13-17(23)25-14-21)8-10-22(11-9-20)18(24)26-19(2,3)4/h5-7,12H,8-11,13H2,1-4H3. The van der Waals surface area contributed by atoms with Crippen molar-refractivity contribution in [1.82, 2.24) is 4.90 Å². The topological polar surface area (TPSA) is 79.6 Å². The highest BCUT2D eigenvalue weighted by atomic mass is 16.6. The molecule has 0 radical (unpaired) electrons. The van der Waals surface area contributed by atoms with Gasteiger partial charge < -0.3 is 14.4 Å². The third kappa shape index (κ3) is 4.98. The van der Waals surface area contributed by atoms with Gasteiger partial charge in [0.1, 0.15) is 5.60 Å². The zero-order valence-corrected chi connectivity index (χ0v) is 15.9. The van der Waals surface area contributed by atoms with E-state index in [2.05, 4.69) is 10.8 Å². The molecule has 6 nitrogen and oxygen atoms in total. The van der Waals surface area contributed by atoms with Crippen molar-refractivity contribution in [3.05, 3.63) is 35.4 Å². The molecule has 1 aliphatic heterocycles. The quantitative estimate of drug-likeness (QED) is 0.608. The Morgan fingerprint density at radius 1 is 1.27 bits per heavy atom. The fraction of sp³-hybridized carbons (Fsp3) is 0.550. The Kier molecular flexibility index (Phi) is 5.91. The van der Waals surface area contributed by atoms with Gasteiger partial charge in [-0.2, -0.15) is 0 Å². The maximum absolute atomic E-state index is 12.3. The molecule has 0 unspecified atom stereocenters. The van der Waals surface area contributed by atoms with Gasteiger partial charge in [0, 0.05) is 18.5 Å². The van der Waals surface area contributed by atoms with Crippen LogP contribution in [-0.4, -0.2) is 35.7 Å². The summed E-state index contributed by atoms with van der Waals surface area (Å²) in [5.41, 5.74) is 1.15. The number of amides is 1. The lowest BCUT2D eigenvalue weighted by molar-refractivity contribution is -0.139. The minimum Gasteiger partial charge on any atom is -0.444 e. The largest absolute Gasteiger partial charge is 0.444 e. The molecule has 0 saturated carbocycles. The van der Waals surface area contributed by atoms with Crippen LogP contribution in [0.1, 0.15) is 51.2 Å². The van der Waals surface area contributed by atoms with Crippen molar-refractivity contribution < 1.29 is 19.1 Å². The SMILES string of the molecule is Cc1cccc(C2(CC(=O)OC#N)CCN(C(=O)OC(C)(C)C)CC2)c1. The van der Waals surface area contributed by atoms with Crippen LogP contribution in [0.15, 0.2) is 24.3 Å². The van der Waals surface area contributed by atoms with Crippen LogP contribution in [0.3, 0.4) is 0 Å². The van der Waals surface area contributed by atoms with Gasteiger partial charge in [0.25, 0.3) is 6.26 Å². The van der Waals surface area contributed by atoms with Crippen LogP contribution in [0, 0.1) is 18.4 Å². The molecule has 1 aliphatic rings. The summed E-state index contributed by atoms with van der Waals surface area (Å²) in [5, 5.41) is 8.63. The number of hydrogen-bond acceptors (Lipinski definition) is 5. The van der Waals surface area contributed by atoms with Crippen molar-refractivity contribution in [1.29, 1.82) is 5.26 Å². The Labute approximate surface area is 154 Å². The normalized spacial score (nSPS) is 16.5. The van der Waals surface area contributed by atoms with Gasteiger partial charge in [-0.05, 0) is 46.1 Å². The Morgan fingerprint density at radius 3 is 2.46 bits per heavy atom. The molecule has 1 aromatic rings. The van der Waals surface area contributed by atoms with Crippen molar-refractivity contribution in [3.8, 4) is 6.26 Å². The first-order chi connectivity index (χ1) is 12.1. The predicted molar refractivity (Wildman–Crippen MR) is 96.2 cm³/mol. The molecule has 0 aliphatic carbocycles. The van der Waals surface area contributed by atoms with Crippen LogP contribution in [0.4, 0.5) is 4.79 Å². The van der Waals surface area contributed by atoms with Gasteiger partial charge in [0.15, 0.2) is 0 Å². The van der Waals surface area contributed by atoms with Gasteiger partial charge in [-0.25, -0.2) is 4.79 Å². The van der Waals surface area contributed by atoms with E-state index >= 15 is 0 Å². The molecule has 0 N–H and O–H groups in total. The van der Waals surface area contributed by atoms with Crippen molar-refractivity contribution in [3.63, 3.8) is 0 Å². The number of esters is 1. The van der Waals surface area contributed by atoms with Gasteiger partial charge in [0.05, 0.1) is 6.42 Å². The van der Waals surface area contributed by atoms with E-state index in [1.165, 1.54) is 6.26 Å². The third-order valence-corrected chi connectivity index (χ3v) is 4.64. The molecule has 140 valence electrons. The van der Waals surface area contributed by atoms with E-state index in [1.54, 1.807) is 4.90 Å². The maximum atomic E-state index is 12.3. The lowest BCUT2D eigenvalue weighted by atomic mass is 9.70. The van der Waals surface area contributed by atoms with Crippen LogP contribution >= 0.6 is 0 Å². The van der Waals surface area contributed by atoms with Crippen molar-refractivity contribution in [2.45, 2.75) is 58.0 Å². The Balaban J connectivity index is 2.19. The number of carbonyl (C=O) groups excluding carboxylic acids is 2. The first-order valence-electron chi connectivity index (χ1n) is 8.79. The Bertz CT molecular complexity index is 707. The van der Waals surface area contributed by atoms with E-state index in [4.69, 9.17) is 10.00 Å². The highest BCUT2D eigenvalue weighted by molar-refractivity contribution is 5.73. The average Bonchev–Trinajstić information content (AvgIpc) is 2.54. The van der Waals surface area contributed by atoms with Gasteiger partial charge in [-0.1, -0.05) is 29.8 Å². The number of benzene rings is 1. The monoisotopic (exact) mass is 358 g/mol. The molecular formula is C20H26N2O4. The van der Waals surface area contributed by atoms with Crippen LogP contribution < -0.4 is 0 Å². The van der Waals surface area contributed by atoms with E-state index in [1.807, 2.05) is 45.9 Å². The summed E-state index contributed by atoms with van der Waals surface area (Å²) in [4.78, 5) is 26.0. The Morgan fingerprint density at radius 2 is 1.92 bits per heavy atom. The molecule has 1 heterocycles. The van der Waals surface area contributed by atoms with E-state index < -0.39 is 17.0 Å². The van der Waals surface area contributed by atoms with Crippen LogP contribution in [0.2, 0.25) is 0 Å². The number of nitrogens with zero attached hydrogens (tertiary/aromatic N) is 2. The van der Waals surface area contributed by atoms with Crippen molar-refractivity contribution in [2.75, 3.05) is 13.1 Å². The molecule has 0 atom stereocenters. The van der Waals surface area contributed by atoms with Gasteiger partial charge >= 0.3 is 12.1 Å². The maximum Gasteiger partial charge on any atom is 0.410 e. The van der Waals surface area contributed by atoms with Crippen molar-refractivity contribution >= 4 is 12.1 Å². The molecule has 2 rings (SSSR count). The van der Waals surface area contributed by atoms with Gasteiger partial charge in [0.2, 0.25) is 0 Å².